The van der Waals surface area contributed by atoms with Gasteiger partial charge in [-0.3, -0.25) is 9.11 Å². The first-order chi connectivity index (χ1) is 21.0. The molecule has 3 aromatic carbocycles. The standard InChI is InChI=1S/C16H19N7O6S2.C7H6N2O3S2/c1-3-10(2)19-23(16(18)9-17)12-4-5-14-11(6-12)7-13(31(27,28)29)8-15(14)30(20-24,21-25)22-26;8-7-9-5-3-4(14(10,11)12)1-2-6(5)13-7/h4-9H,3,17-18H2,1-2H3,(H,27,28,29);1-3H,(H2,8,9)(H,10,11,12)/b16-9+,19-10-;. The summed E-state index contributed by atoms with van der Waals surface area (Å²) < 4.78 is 71.5. The molecule has 45 heavy (non-hydrogen) atoms. The quantitative estimate of drug-likeness (QED) is 0.0647. The van der Waals surface area contributed by atoms with Crippen LogP contribution in [0.1, 0.15) is 20.3 Å². The smallest absolute Gasteiger partial charge is 0.294 e. The molecule has 0 aliphatic carbocycles. The predicted molar refractivity (Wildman–Crippen MR) is 173 cm³/mol. The Bertz CT molecular complexity index is 2060. The minimum atomic E-state index is -4.79. The molecule has 0 radical (unpaired) electrons. The number of nitrogens with two attached hydrogens (primary N) is 3. The molecule has 0 aliphatic rings. The lowest BCUT2D eigenvalue weighted by molar-refractivity contribution is 0.481. The highest BCUT2D eigenvalue weighted by atomic mass is 32.3. The van der Waals surface area contributed by atoms with Gasteiger partial charge in [-0.15, -0.1) is 14.7 Å². The number of nitroso groups, excluding NO2 is 3. The van der Waals surface area contributed by atoms with E-state index in [-0.39, 0.29) is 21.5 Å². The molecule has 240 valence electrons. The third kappa shape index (κ3) is 7.73. The second-order valence-corrected chi connectivity index (χ2v) is 14.6. The molecular formula is C23H25N9O9S4. The highest BCUT2D eigenvalue weighted by molar-refractivity contribution is 8.30. The second kappa shape index (κ2) is 13.6. The summed E-state index contributed by atoms with van der Waals surface area (Å²) in [5.41, 5.74) is 18.4. The maximum atomic E-state index is 11.7. The van der Waals surface area contributed by atoms with E-state index in [4.69, 9.17) is 21.8 Å². The molecular weight excluding hydrogens is 675 g/mol. The summed E-state index contributed by atoms with van der Waals surface area (Å²) in [7, 11) is -13.0. The van der Waals surface area contributed by atoms with Crippen molar-refractivity contribution in [3.8, 4) is 0 Å². The molecule has 18 nitrogen and oxygen atoms in total. The van der Waals surface area contributed by atoms with Gasteiger partial charge in [-0.25, -0.2) is 9.99 Å². The van der Waals surface area contributed by atoms with Gasteiger partial charge in [0.1, 0.15) is 5.82 Å². The van der Waals surface area contributed by atoms with Gasteiger partial charge in [0.25, 0.3) is 20.2 Å². The van der Waals surface area contributed by atoms with E-state index >= 15 is 0 Å². The van der Waals surface area contributed by atoms with Crippen LogP contribution in [0.5, 0.6) is 0 Å². The summed E-state index contributed by atoms with van der Waals surface area (Å²) in [6.07, 6.45) is 1.71. The van der Waals surface area contributed by atoms with Gasteiger partial charge in [0.2, 0.25) is 0 Å². The van der Waals surface area contributed by atoms with Crippen molar-refractivity contribution in [1.29, 1.82) is 0 Å². The molecule has 0 saturated carbocycles. The molecule has 0 amide bonds. The van der Waals surface area contributed by atoms with Gasteiger partial charge in [0, 0.05) is 25.7 Å². The maximum absolute atomic E-state index is 11.7. The Morgan fingerprint density at radius 2 is 1.58 bits per heavy atom. The van der Waals surface area contributed by atoms with Gasteiger partial charge < -0.3 is 17.2 Å². The molecule has 1 heterocycles. The molecule has 0 bridgehead atoms. The Balaban J connectivity index is 0.000000325. The molecule has 0 fully saturated rings. The monoisotopic (exact) mass is 699 g/mol. The number of fused-ring (bicyclic) bond motifs is 2. The maximum Gasteiger partial charge on any atom is 0.294 e. The zero-order valence-electron chi connectivity index (χ0n) is 23.2. The molecule has 0 aliphatic heterocycles. The Kier molecular flexibility index (Phi) is 10.5. The minimum Gasteiger partial charge on any atom is -0.402 e. The molecule has 0 unspecified atom stereocenters. The number of anilines is 2. The van der Waals surface area contributed by atoms with Crippen molar-refractivity contribution in [3.63, 3.8) is 0 Å². The van der Waals surface area contributed by atoms with Crippen LogP contribution in [0.25, 0.3) is 21.0 Å². The number of hydrazone groups is 1. The lowest BCUT2D eigenvalue weighted by atomic mass is 10.1. The second-order valence-electron chi connectivity index (χ2n) is 8.79. The molecule has 4 aromatic rings. The lowest BCUT2D eigenvalue weighted by Gasteiger charge is -2.22. The van der Waals surface area contributed by atoms with E-state index in [1.807, 2.05) is 6.92 Å². The number of thiazole rings is 1. The fraction of sp³-hybridized carbons (Fsp3) is 0.130. The molecule has 4 rings (SSSR count). The number of hydrogen-bond acceptors (Lipinski definition) is 17. The van der Waals surface area contributed by atoms with Crippen LogP contribution in [-0.2, 0) is 20.2 Å². The van der Waals surface area contributed by atoms with E-state index in [9.17, 15) is 36.1 Å². The van der Waals surface area contributed by atoms with Gasteiger partial charge in [-0.1, -0.05) is 24.3 Å². The highest BCUT2D eigenvalue weighted by Gasteiger charge is 2.35. The van der Waals surface area contributed by atoms with Crippen molar-refractivity contribution in [1.82, 2.24) is 4.98 Å². The Morgan fingerprint density at radius 3 is 2.11 bits per heavy atom. The number of rotatable bonds is 10. The summed E-state index contributed by atoms with van der Waals surface area (Å²) in [5.74, 6) is 0.0527. The summed E-state index contributed by atoms with van der Waals surface area (Å²) in [4.78, 5) is 36.4. The van der Waals surface area contributed by atoms with Crippen molar-refractivity contribution >= 4 is 79.7 Å². The fourth-order valence-electron chi connectivity index (χ4n) is 3.63. The molecule has 1 aromatic heterocycles. The van der Waals surface area contributed by atoms with E-state index in [1.54, 1.807) is 13.0 Å². The van der Waals surface area contributed by atoms with Crippen molar-refractivity contribution in [2.75, 3.05) is 10.7 Å². The van der Waals surface area contributed by atoms with Crippen LogP contribution in [0, 0.1) is 14.7 Å². The van der Waals surface area contributed by atoms with Crippen LogP contribution < -0.4 is 22.2 Å². The Morgan fingerprint density at radius 1 is 0.956 bits per heavy atom. The van der Waals surface area contributed by atoms with Crippen molar-refractivity contribution in [2.45, 2.75) is 35.0 Å². The van der Waals surface area contributed by atoms with Gasteiger partial charge in [-0.05, 0) is 66.6 Å². The molecule has 0 atom stereocenters. The van der Waals surface area contributed by atoms with Gasteiger partial charge in [-0.2, -0.15) is 21.9 Å². The summed E-state index contributed by atoms with van der Waals surface area (Å²) in [6.45, 7) is 3.63. The largest absolute Gasteiger partial charge is 0.402 e. The number of benzene rings is 3. The first-order valence-electron chi connectivity index (χ1n) is 12.1. The fourth-order valence-corrected chi connectivity index (χ4v) is 6.55. The van der Waals surface area contributed by atoms with Crippen LogP contribution in [0.15, 0.2) is 94.1 Å². The van der Waals surface area contributed by atoms with Crippen LogP contribution in [0.2, 0.25) is 0 Å². The van der Waals surface area contributed by atoms with E-state index in [1.165, 1.54) is 46.7 Å². The third-order valence-electron chi connectivity index (χ3n) is 5.89. The average molecular weight is 700 g/mol. The highest BCUT2D eigenvalue weighted by Crippen LogP contribution is 2.61. The number of nitrogen functional groups attached to an aromatic ring is 1. The first-order valence-corrected chi connectivity index (χ1v) is 17.3. The molecule has 22 heteroatoms. The van der Waals surface area contributed by atoms with Crippen LogP contribution in [-0.4, -0.2) is 36.6 Å². The van der Waals surface area contributed by atoms with E-state index in [0.717, 1.165) is 23.0 Å². The van der Waals surface area contributed by atoms with Gasteiger partial charge in [0.05, 0.1) is 30.6 Å². The van der Waals surface area contributed by atoms with E-state index < -0.39 is 40.6 Å². The van der Waals surface area contributed by atoms with Crippen LogP contribution in [0.3, 0.4) is 0 Å². The zero-order chi connectivity index (χ0) is 33.7. The van der Waals surface area contributed by atoms with Crippen molar-refractivity contribution in [3.05, 3.63) is 75.3 Å². The van der Waals surface area contributed by atoms with E-state index in [2.05, 4.69) is 23.8 Å². The summed E-state index contributed by atoms with van der Waals surface area (Å²) in [5, 5.41) is 6.19. The molecule has 8 N–H and O–H groups in total. The minimum absolute atomic E-state index is 0.0527. The normalized spacial score (nSPS) is 13.2. The summed E-state index contributed by atoms with van der Waals surface area (Å²) in [6, 6.07) is 10.3. The van der Waals surface area contributed by atoms with Crippen molar-refractivity contribution in [2.24, 2.45) is 30.3 Å². The number of aromatic nitrogens is 1. The number of nitrogens with zero attached hydrogens (tertiary/aromatic N) is 6. The molecule has 0 spiro atoms. The zero-order valence-corrected chi connectivity index (χ0v) is 26.5. The SMILES string of the molecule is CC/C(C)=N\N(/C(N)=C/N)c1ccc2c(S(N=O)(N=O)N=O)cc(S(=O)(=O)O)cc2c1.Nc1nc2cc(S(=O)(=O)O)ccc2s1. The van der Waals surface area contributed by atoms with Crippen LogP contribution in [0.4, 0.5) is 10.8 Å². The van der Waals surface area contributed by atoms with E-state index in [0.29, 0.717) is 28.5 Å². The predicted octanol–water partition coefficient (Wildman–Crippen LogP) is 4.73. The van der Waals surface area contributed by atoms with Gasteiger partial charge in [0.15, 0.2) is 15.7 Å². The topological polar surface area (TPSA) is 304 Å². The Labute approximate surface area is 261 Å². The molecule has 0 saturated heterocycles. The Hall–Kier alpha value is -4.61. The first kappa shape index (κ1) is 34.9. The van der Waals surface area contributed by atoms with Crippen LogP contribution >= 0.6 is 21.9 Å². The third-order valence-corrected chi connectivity index (χ3v) is 9.99. The lowest BCUT2D eigenvalue weighted by Crippen LogP contribution is -2.24. The summed E-state index contributed by atoms with van der Waals surface area (Å²) >= 11 is 1.26. The average Bonchev–Trinajstić information content (AvgIpc) is 3.38. The van der Waals surface area contributed by atoms with Gasteiger partial charge >= 0.3 is 0 Å². The van der Waals surface area contributed by atoms with Crippen molar-refractivity contribution < 1.29 is 25.9 Å². The number of hydrogen-bond donors (Lipinski definition) is 5.